The van der Waals surface area contributed by atoms with Crippen LogP contribution in [0, 0.1) is 0 Å². The molecule has 0 atom stereocenters. The van der Waals surface area contributed by atoms with E-state index in [4.69, 9.17) is 5.73 Å². The van der Waals surface area contributed by atoms with Gasteiger partial charge in [-0.15, -0.1) is 0 Å². The largest absolute Gasteiger partial charge is 0.399 e. The number of likely N-dealkylation sites (N-methyl/N-ethyl adjacent to an activating group) is 1. The molecule has 0 aliphatic carbocycles. The van der Waals surface area contributed by atoms with Gasteiger partial charge in [0.15, 0.2) is 0 Å². The molecule has 2 amide bonds. The summed E-state index contributed by atoms with van der Waals surface area (Å²) in [4.78, 5) is 28.6. The van der Waals surface area contributed by atoms with E-state index in [0.717, 1.165) is 10.9 Å². The van der Waals surface area contributed by atoms with Crippen LogP contribution in [0.2, 0.25) is 0 Å². The standard InChI is InChI=1S/C15H20N4O2/c1-9(2)18-14(20)8-19(3)15(21)12-7-17-13-5-4-10(16)6-11(12)13/h4-7,9,17H,8,16H2,1-3H3,(H,18,20). The molecule has 1 heterocycles. The molecule has 4 N–H and O–H groups in total. The number of hydrogen-bond acceptors (Lipinski definition) is 3. The molecule has 2 rings (SSSR count). The predicted octanol–water partition coefficient (Wildman–Crippen LogP) is 1.35. The summed E-state index contributed by atoms with van der Waals surface area (Å²) in [6.45, 7) is 3.77. The number of nitrogens with zero attached hydrogens (tertiary/aromatic N) is 1. The summed E-state index contributed by atoms with van der Waals surface area (Å²) < 4.78 is 0. The molecule has 0 saturated heterocycles. The number of aromatic amines is 1. The molecule has 0 unspecified atom stereocenters. The Kier molecular flexibility index (Phi) is 4.16. The van der Waals surface area contributed by atoms with Crippen molar-refractivity contribution in [3.63, 3.8) is 0 Å². The smallest absolute Gasteiger partial charge is 0.256 e. The van der Waals surface area contributed by atoms with Gasteiger partial charge < -0.3 is 20.9 Å². The summed E-state index contributed by atoms with van der Waals surface area (Å²) in [5.74, 6) is -0.397. The van der Waals surface area contributed by atoms with E-state index in [0.29, 0.717) is 11.3 Å². The third-order valence-electron chi connectivity index (χ3n) is 3.11. The number of aromatic nitrogens is 1. The number of hydrogen-bond donors (Lipinski definition) is 3. The molecule has 0 aliphatic heterocycles. The minimum absolute atomic E-state index is 0.0198. The first kappa shape index (κ1) is 14.9. The second-order valence-corrected chi connectivity index (χ2v) is 5.39. The molecule has 1 aromatic heterocycles. The molecule has 0 radical (unpaired) electrons. The zero-order chi connectivity index (χ0) is 15.6. The van der Waals surface area contributed by atoms with Gasteiger partial charge in [-0.1, -0.05) is 0 Å². The van der Waals surface area contributed by atoms with Gasteiger partial charge in [-0.25, -0.2) is 0 Å². The normalized spacial score (nSPS) is 10.9. The molecule has 6 nitrogen and oxygen atoms in total. The molecular weight excluding hydrogens is 268 g/mol. The monoisotopic (exact) mass is 288 g/mol. The van der Waals surface area contributed by atoms with Crippen molar-refractivity contribution in [3.8, 4) is 0 Å². The zero-order valence-electron chi connectivity index (χ0n) is 12.4. The van der Waals surface area contributed by atoms with Gasteiger partial charge in [0.2, 0.25) is 5.91 Å². The molecule has 21 heavy (non-hydrogen) atoms. The summed E-state index contributed by atoms with van der Waals surface area (Å²) in [6.07, 6.45) is 1.64. The quantitative estimate of drug-likeness (QED) is 0.742. The third-order valence-corrected chi connectivity index (χ3v) is 3.11. The maximum absolute atomic E-state index is 12.4. The highest BCUT2D eigenvalue weighted by atomic mass is 16.2. The molecule has 0 aliphatic rings. The third kappa shape index (κ3) is 3.34. The molecule has 0 saturated carbocycles. The lowest BCUT2D eigenvalue weighted by Crippen LogP contribution is -2.40. The highest BCUT2D eigenvalue weighted by molar-refractivity contribution is 6.08. The van der Waals surface area contributed by atoms with Crippen LogP contribution in [0.5, 0.6) is 0 Å². The van der Waals surface area contributed by atoms with Crippen LogP contribution < -0.4 is 11.1 Å². The van der Waals surface area contributed by atoms with E-state index in [9.17, 15) is 9.59 Å². The van der Waals surface area contributed by atoms with E-state index < -0.39 is 0 Å². The number of benzene rings is 1. The molecule has 6 heteroatoms. The number of carbonyl (C=O) groups excluding carboxylic acids is 2. The summed E-state index contributed by atoms with van der Waals surface area (Å²) in [5, 5.41) is 3.52. The number of amides is 2. The van der Waals surface area contributed by atoms with E-state index >= 15 is 0 Å². The fraction of sp³-hybridized carbons (Fsp3) is 0.333. The Morgan fingerprint density at radius 3 is 2.76 bits per heavy atom. The van der Waals surface area contributed by atoms with Crippen molar-refractivity contribution in [1.29, 1.82) is 0 Å². The Balaban J connectivity index is 2.18. The number of rotatable bonds is 4. The lowest BCUT2D eigenvalue weighted by atomic mass is 10.1. The highest BCUT2D eigenvalue weighted by Crippen LogP contribution is 2.21. The Morgan fingerprint density at radius 1 is 1.38 bits per heavy atom. The Hall–Kier alpha value is -2.50. The second-order valence-electron chi connectivity index (χ2n) is 5.39. The van der Waals surface area contributed by atoms with E-state index in [2.05, 4.69) is 10.3 Å². The molecule has 0 bridgehead atoms. The number of nitrogen functional groups attached to an aromatic ring is 1. The molecule has 1 aromatic carbocycles. The van der Waals surface area contributed by atoms with Gasteiger partial charge in [-0.05, 0) is 32.0 Å². The summed E-state index contributed by atoms with van der Waals surface area (Å²) >= 11 is 0. The Labute approximate surface area is 123 Å². The van der Waals surface area contributed by atoms with Crippen molar-refractivity contribution < 1.29 is 9.59 Å². The molecule has 0 spiro atoms. The molecule has 0 fully saturated rings. The van der Waals surface area contributed by atoms with Crippen LogP contribution in [0.4, 0.5) is 5.69 Å². The van der Waals surface area contributed by atoms with Crippen LogP contribution in [0.25, 0.3) is 10.9 Å². The first-order valence-corrected chi connectivity index (χ1v) is 6.80. The van der Waals surface area contributed by atoms with Gasteiger partial charge in [0, 0.05) is 35.9 Å². The van der Waals surface area contributed by atoms with Crippen LogP contribution in [0.1, 0.15) is 24.2 Å². The van der Waals surface area contributed by atoms with E-state index in [1.807, 2.05) is 19.9 Å². The number of H-pyrrole nitrogens is 1. The van der Waals surface area contributed by atoms with Crippen LogP contribution in [0.15, 0.2) is 24.4 Å². The Bertz CT molecular complexity index is 675. The lowest BCUT2D eigenvalue weighted by Gasteiger charge is -2.17. The van der Waals surface area contributed by atoms with Gasteiger partial charge >= 0.3 is 0 Å². The zero-order valence-corrected chi connectivity index (χ0v) is 12.4. The van der Waals surface area contributed by atoms with Gasteiger partial charge in [0.05, 0.1) is 12.1 Å². The number of carbonyl (C=O) groups is 2. The molecule has 112 valence electrons. The summed E-state index contributed by atoms with van der Waals surface area (Å²) in [7, 11) is 1.60. The number of anilines is 1. The Morgan fingerprint density at radius 2 is 2.10 bits per heavy atom. The second kappa shape index (κ2) is 5.87. The topological polar surface area (TPSA) is 91.2 Å². The maximum atomic E-state index is 12.4. The molecule has 2 aromatic rings. The van der Waals surface area contributed by atoms with Crippen molar-refractivity contribution >= 4 is 28.4 Å². The van der Waals surface area contributed by atoms with Gasteiger partial charge in [-0.2, -0.15) is 0 Å². The van der Waals surface area contributed by atoms with Crippen LogP contribution in [0.3, 0.4) is 0 Å². The van der Waals surface area contributed by atoms with Gasteiger partial charge in [-0.3, -0.25) is 9.59 Å². The van der Waals surface area contributed by atoms with Crippen molar-refractivity contribution in [1.82, 2.24) is 15.2 Å². The maximum Gasteiger partial charge on any atom is 0.256 e. The summed E-state index contributed by atoms with van der Waals surface area (Å²) in [5.41, 5.74) is 7.71. The lowest BCUT2D eigenvalue weighted by molar-refractivity contribution is -0.122. The number of nitrogens with one attached hydrogen (secondary N) is 2. The fourth-order valence-electron chi connectivity index (χ4n) is 2.18. The van der Waals surface area contributed by atoms with Gasteiger partial charge in [0.1, 0.15) is 0 Å². The fourth-order valence-corrected chi connectivity index (χ4v) is 2.18. The van der Waals surface area contributed by atoms with Crippen molar-refractivity contribution in [2.45, 2.75) is 19.9 Å². The van der Waals surface area contributed by atoms with Crippen LogP contribution >= 0.6 is 0 Å². The SMILES string of the molecule is CC(C)NC(=O)CN(C)C(=O)c1c[nH]c2ccc(N)cc12. The average Bonchev–Trinajstić information content (AvgIpc) is 2.79. The number of fused-ring (bicyclic) bond motifs is 1. The minimum Gasteiger partial charge on any atom is -0.399 e. The van der Waals surface area contributed by atoms with Crippen molar-refractivity contribution in [3.05, 3.63) is 30.0 Å². The van der Waals surface area contributed by atoms with E-state index in [-0.39, 0.29) is 24.4 Å². The van der Waals surface area contributed by atoms with Crippen LogP contribution in [-0.2, 0) is 4.79 Å². The average molecular weight is 288 g/mol. The van der Waals surface area contributed by atoms with Crippen molar-refractivity contribution in [2.75, 3.05) is 19.3 Å². The van der Waals surface area contributed by atoms with Gasteiger partial charge in [0.25, 0.3) is 5.91 Å². The van der Waals surface area contributed by atoms with Crippen LogP contribution in [-0.4, -0.2) is 41.3 Å². The minimum atomic E-state index is -0.217. The van der Waals surface area contributed by atoms with E-state index in [1.165, 1.54) is 4.90 Å². The summed E-state index contributed by atoms with van der Waals surface area (Å²) in [6, 6.07) is 5.40. The predicted molar refractivity (Wildman–Crippen MR) is 83.0 cm³/mol. The van der Waals surface area contributed by atoms with E-state index in [1.54, 1.807) is 25.4 Å². The molecular formula is C15H20N4O2. The first-order valence-electron chi connectivity index (χ1n) is 6.80. The van der Waals surface area contributed by atoms with Crippen molar-refractivity contribution in [2.24, 2.45) is 0 Å². The first-order chi connectivity index (χ1) is 9.88. The highest BCUT2D eigenvalue weighted by Gasteiger charge is 2.18. The number of nitrogens with two attached hydrogens (primary N) is 1.